The zero-order chi connectivity index (χ0) is 12.5. The lowest BCUT2D eigenvalue weighted by molar-refractivity contribution is 0.489. The molecule has 92 valence electrons. The Morgan fingerprint density at radius 1 is 1.39 bits per heavy atom. The molecular weight excluding hydrogens is 266 g/mol. The summed E-state index contributed by atoms with van der Waals surface area (Å²) in [6.07, 6.45) is 0. The first-order valence-corrected chi connectivity index (χ1v) is 7.27. The summed E-state index contributed by atoms with van der Waals surface area (Å²) in [6.45, 7) is 1.99. The largest absolute Gasteiger partial charge is 0.431 e. The molecule has 0 radical (unpaired) electrons. The number of thioether (sulfide) groups is 1. The van der Waals surface area contributed by atoms with E-state index in [1.54, 1.807) is 29.2 Å². The molecule has 3 aromatic rings. The Kier molecular flexibility index (Phi) is 2.97. The van der Waals surface area contributed by atoms with Gasteiger partial charge in [0.05, 0.1) is 5.75 Å². The number of nitrogen functional groups attached to an aromatic ring is 1. The Morgan fingerprint density at radius 3 is 3.06 bits per heavy atom. The van der Waals surface area contributed by atoms with E-state index in [4.69, 9.17) is 10.2 Å². The highest BCUT2D eigenvalue weighted by Crippen LogP contribution is 2.28. The number of nitrogens with two attached hydrogens (primary N) is 1. The van der Waals surface area contributed by atoms with E-state index in [0.29, 0.717) is 10.9 Å². The highest BCUT2D eigenvalue weighted by molar-refractivity contribution is 7.98. The standard InChI is InChI=1S/C12H11N3OS2/c1-7-5-17-11(14-7)6-18-12-15-9-3-2-8(13)4-10(9)16-12/h2-5H,6,13H2,1H3. The van der Waals surface area contributed by atoms with Crippen LogP contribution in [0, 0.1) is 6.92 Å². The monoisotopic (exact) mass is 277 g/mol. The van der Waals surface area contributed by atoms with E-state index in [0.717, 1.165) is 27.6 Å². The Hall–Kier alpha value is -1.53. The van der Waals surface area contributed by atoms with Gasteiger partial charge >= 0.3 is 0 Å². The molecule has 0 saturated carbocycles. The predicted molar refractivity (Wildman–Crippen MR) is 74.8 cm³/mol. The minimum absolute atomic E-state index is 0.656. The molecule has 0 unspecified atom stereocenters. The molecule has 6 heteroatoms. The summed E-state index contributed by atoms with van der Waals surface area (Å²) < 4.78 is 5.63. The molecule has 0 aliphatic rings. The highest BCUT2D eigenvalue weighted by atomic mass is 32.2. The number of fused-ring (bicyclic) bond motifs is 1. The van der Waals surface area contributed by atoms with Crippen molar-refractivity contribution in [1.29, 1.82) is 0 Å². The minimum Gasteiger partial charge on any atom is -0.431 e. The summed E-state index contributed by atoms with van der Waals surface area (Å²) in [4.78, 5) is 8.80. The maximum Gasteiger partial charge on any atom is 0.257 e. The smallest absolute Gasteiger partial charge is 0.257 e. The molecule has 0 saturated heterocycles. The first-order chi connectivity index (χ1) is 8.70. The number of hydrogen-bond donors (Lipinski definition) is 1. The fourth-order valence-corrected chi connectivity index (χ4v) is 3.20. The summed E-state index contributed by atoms with van der Waals surface area (Å²) in [5.74, 6) is 0.779. The van der Waals surface area contributed by atoms with E-state index in [1.165, 1.54) is 0 Å². The van der Waals surface area contributed by atoms with Crippen LogP contribution < -0.4 is 5.73 Å². The number of thiazole rings is 1. The molecule has 0 aliphatic heterocycles. The molecule has 0 atom stereocenters. The second kappa shape index (κ2) is 4.62. The molecular formula is C12H11N3OS2. The molecule has 1 aromatic carbocycles. The van der Waals surface area contributed by atoms with Gasteiger partial charge in [0, 0.05) is 22.8 Å². The van der Waals surface area contributed by atoms with Crippen LogP contribution in [0.3, 0.4) is 0 Å². The third-order valence-corrected chi connectivity index (χ3v) is 4.37. The lowest BCUT2D eigenvalue weighted by atomic mass is 10.3. The van der Waals surface area contributed by atoms with Gasteiger partial charge in [-0.15, -0.1) is 11.3 Å². The van der Waals surface area contributed by atoms with Crippen molar-refractivity contribution in [3.05, 3.63) is 34.3 Å². The van der Waals surface area contributed by atoms with Gasteiger partial charge in [-0.3, -0.25) is 0 Å². The molecule has 0 aliphatic carbocycles. The molecule has 0 fully saturated rings. The van der Waals surface area contributed by atoms with Gasteiger partial charge in [-0.2, -0.15) is 0 Å². The fourth-order valence-electron chi connectivity index (χ4n) is 1.57. The predicted octanol–water partition coefficient (Wildman–Crippen LogP) is 3.47. The third kappa shape index (κ3) is 2.34. The van der Waals surface area contributed by atoms with E-state index in [9.17, 15) is 0 Å². The lowest BCUT2D eigenvalue weighted by Crippen LogP contribution is -1.81. The van der Waals surface area contributed by atoms with Gasteiger partial charge in [0.15, 0.2) is 5.58 Å². The molecule has 0 bridgehead atoms. The Balaban J connectivity index is 1.78. The number of rotatable bonds is 3. The number of anilines is 1. The third-order valence-electron chi connectivity index (χ3n) is 2.38. The van der Waals surface area contributed by atoms with Gasteiger partial charge in [0.2, 0.25) is 0 Å². The first kappa shape index (κ1) is 11.6. The number of oxazole rings is 1. The zero-order valence-corrected chi connectivity index (χ0v) is 11.3. The van der Waals surface area contributed by atoms with Crippen molar-refractivity contribution in [1.82, 2.24) is 9.97 Å². The summed E-state index contributed by atoms with van der Waals surface area (Å²) in [5.41, 5.74) is 9.00. The number of nitrogens with zero attached hydrogens (tertiary/aromatic N) is 2. The van der Waals surface area contributed by atoms with Crippen molar-refractivity contribution >= 4 is 39.9 Å². The highest BCUT2D eigenvalue weighted by Gasteiger charge is 2.08. The van der Waals surface area contributed by atoms with Gasteiger partial charge < -0.3 is 10.2 Å². The fraction of sp³-hybridized carbons (Fsp3) is 0.167. The van der Waals surface area contributed by atoms with Gasteiger partial charge in [-0.25, -0.2) is 9.97 Å². The Labute approximate surface area is 112 Å². The van der Waals surface area contributed by atoms with Gasteiger partial charge in [-0.05, 0) is 19.1 Å². The van der Waals surface area contributed by atoms with E-state index >= 15 is 0 Å². The molecule has 3 rings (SSSR count). The van der Waals surface area contributed by atoms with Crippen LogP contribution in [0.5, 0.6) is 0 Å². The van der Waals surface area contributed by atoms with Crippen LogP contribution in [0.4, 0.5) is 5.69 Å². The second-order valence-electron chi connectivity index (χ2n) is 3.88. The first-order valence-electron chi connectivity index (χ1n) is 5.40. The molecule has 2 heterocycles. The maximum atomic E-state index is 5.70. The molecule has 2 N–H and O–H groups in total. The van der Waals surface area contributed by atoms with Gasteiger partial charge in [0.1, 0.15) is 10.5 Å². The van der Waals surface area contributed by atoms with Crippen LogP contribution in [0.25, 0.3) is 11.1 Å². The van der Waals surface area contributed by atoms with Crippen LogP contribution in [-0.2, 0) is 5.75 Å². The van der Waals surface area contributed by atoms with Crippen molar-refractivity contribution in [3.8, 4) is 0 Å². The zero-order valence-electron chi connectivity index (χ0n) is 9.71. The summed E-state index contributed by atoms with van der Waals surface area (Å²) >= 11 is 3.20. The number of benzene rings is 1. The number of hydrogen-bond acceptors (Lipinski definition) is 6. The van der Waals surface area contributed by atoms with Crippen molar-refractivity contribution in [2.45, 2.75) is 17.9 Å². The van der Waals surface area contributed by atoms with Crippen molar-refractivity contribution < 1.29 is 4.42 Å². The van der Waals surface area contributed by atoms with Crippen LogP contribution in [0.1, 0.15) is 10.7 Å². The molecule has 2 aromatic heterocycles. The summed E-state index contributed by atoms with van der Waals surface area (Å²) in [6, 6.07) is 5.48. The summed E-state index contributed by atoms with van der Waals surface area (Å²) in [5, 5.41) is 3.78. The Bertz CT molecular complexity index is 690. The summed E-state index contributed by atoms with van der Waals surface area (Å²) in [7, 11) is 0. The van der Waals surface area contributed by atoms with Crippen LogP contribution in [-0.4, -0.2) is 9.97 Å². The van der Waals surface area contributed by atoms with E-state index in [-0.39, 0.29) is 0 Å². The second-order valence-corrected chi connectivity index (χ2v) is 5.75. The van der Waals surface area contributed by atoms with Crippen LogP contribution >= 0.6 is 23.1 Å². The maximum absolute atomic E-state index is 5.70. The molecule has 0 amide bonds. The van der Waals surface area contributed by atoms with E-state index < -0.39 is 0 Å². The number of aromatic nitrogens is 2. The van der Waals surface area contributed by atoms with Crippen molar-refractivity contribution in [3.63, 3.8) is 0 Å². The van der Waals surface area contributed by atoms with Gasteiger partial charge in [-0.1, -0.05) is 11.8 Å². The van der Waals surface area contributed by atoms with Crippen LogP contribution in [0.15, 0.2) is 33.2 Å². The minimum atomic E-state index is 0.656. The molecule has 0 spiro atoms. The van der Waals surface area contributed by atoms with E-state index in [1.807, 2.05) is 24.4 Å². The number of aryl methyl sites for hydroxylation is 1. The average molecular weight is 277 g/mol. The lowest BCUT2D eigenvalue weighted by Gasteiger charge is -1.91. The van der Waals surface area contributed by atoms with Crippen molar-refractivity contribution in [2.75, 3.05) is 5.73 Å². The average Bonchev–Trinajstić information content (AvgIpc) is 2.92. The SMILES string of the molecule is Cc1csc(CSc2nc3ccc(N)cc3o2)n1. The topological polar surface area (TPSA) is 64.9 Å². The van der Waals surface area contributed by atoms with Crippen LogP contribution in [0.2, 0.25) is 0 Å². The van der Waals surface area contributed by atoms with Gasteiger partial charge in [0.25, 0.3) is 5.22 Å². The Morgan fingerprint density at radius 2 is 2.28 bits per heavy atom. The van der Waals surface area contributed by atoms with E-state index in [2.05, 4.69) is 9.97 Å². The normalized spacial score (nSPS) is 11.2. The molecule has 4 nitrogen and oxygen atoms in total. The quantitative estimate of drug-likeness (QED) is 0.586. The molecule has 18 heavy (non-hydrogen) atoms. The van der Waals surface area contributed by atoms with Crippen molar-refractivity contribution in [2.24, 2.45) is 0 Å².